The molecule has 8 heteroatoms. The number of halogens is 3. The first kappa shape index (κ1) is 17.5. The van der Waals surface area contributed by atoms with Crippen LogP contribution in [-0.4, -0.2) is 46.9 Å². The van der Waals surface area contributed by atoms with E-state index in [1.54, 1.807) is 0 Å². The van der Waals surface area contributed by atoms with Crippen LogP contribution in [0.2, 0.25) is 0 Å². The average Bonchev–Trinajstić information content (AvgIpc) is 2.10. The number of alkyl halides is 3. The molecule has 0 aromatic heterocycles. The molecule has 0 aromatic rings. The Labute approximate surface area is 109 Å². The van der Waals surface area contributed by atoms with E-state index in [0.29, 0.717) is 4.90 Å². The number of carboxylic acid groups (broad SMARTS) is 1. The summed E-state index contributed by atoms with van der Waals surface area (Å²) in [5.74, 6) is -1.13. The molecule has 19 heavy (non-hydrogen) atoms. The Morgan fingerprint density at radius 1 is 1.21 bits per heavy atom. The van der Waals surface area contributed by atoms with Crippen LogP contribution in [0.25, 0.3) is 0 Å². The second kappa shape index (κ2) is 6.63. The summed E-state index contributed by atoms with van der Waals surface area (Å²) < 4.78 is 41.8. The molecule has 0 aromatic carbocycles. The van der Waals surface area contributed by atoms with Crippen LogP contribution >= 0.6 is 0 Å². The minimum absolute atomic E-state index is 0.0648. The molecule has 1 amide bonds. The van der Waals surface area contributed by atoms with Crippen molar-refractivity contribution in [1.82, 2.24) is 4.90 Å². The fourth-order valence-electron chi connectivity index (χ4n) is 1.20. The lowest BCUT2D eigenvalue weighted by molar-refractivity contribution is -0.145. The highest BCUT2D eigenvalue weighted by Crippen LogP contribution is 2.19. The molecular weight excluding hydrogens is 267 g/mol. The van der Waals surface area contributed by atoms with Gasteiger partial charge in [-0.1, -0.05) is 0 Å². The van der Waals surface area contributed by atoms with Crippen molar-refractivity contribution in [1.29, 1.82) is 0 Å². The summed E-state index contributed by atoms with van der Waals surface area (Å²) in [6.07, 6.45) is -6.03. The van der Waals surface area contributed by atoms with E-state index in [1.807, 2.05) is 0 Å². The molecular formula is C11H18F3NO4. The molecule has 0 radical (unpaired) electrons. The average molecular weight is 285 g/mol. The SMILES string of the molecule is CC(C)(C)OC(=O)N(CCCC(=O)O)CC(F)(F)F. The van der Waals surface area contributed by atoms with Gasteiger partial charge in [0, 0.05) is 13.0 Å². The van der Waals surface area contributed by atoms with E-state index in [0.717, 1.165) is 0 Å². The second-order valence-corrected chi connectivity index (χ2v) is 5.01. The summed E-state index contributed by atoms with van der Waals surface area (Å²) in [4.78, 5) is 22.3. The fraction of sp³-hybridized carbons (Fsp3) is 0.818. The largest absolute Gasteiger partial charge is 0.481 e. The Balaban J connectivity index is 4.57. The summed E-state index contributed by atoms with van der Waals surface area (Å²) in [6.45, 7) is 2.83. The number of ether oxygens (including phenoxy) is 1. The zero-order valence-electron chi connectivity index (χ0n) is 11.1. The maximum atomic E-state index is 12.3. The third-order valence-electron chi connectivity index (χ3n) is 1.84. The summed E-state index contributed by atoms with van der Waals surface area (Å²) >= 11 is 0. The number of amides is 1. The molecule has 0 unspecified atom stereocenters. The van der Waals surface area contributed by atoms with Gasteiger partial charge in [0.25, 0.3) is 0 Å². The molecule has 0 saturated heterocycles. The number of carbonyl (C=O) groups is 2. The third kappa shape index (κ3) is 10.2. The Morgan fingerprint density at radius 3 is 2.11 bits per heavy atom. The van der Waals surface area contributed by atoms with Gasteiger partial charge < -0.3 is 9.84 Å². The van der Waals surface area contributed by atoms with Gasteiger partial charge in [-0.2, -0.15) is 13.2 Å². The van der Waals surface area contributed by atoms with Crippen molar-refractivity contribution in [3.05, 3.63) is 0 Å². The van der Waals surface area contributed by atoms with Crippen LogP contribution in [0.5, 0.6) is 0 Å². The first-order valence-corrected chi connectivity index (χ1v) is 5.67. The summed E-state index contributed by atoms with van der Waals surface area (Å²) in [6, 6.07) is 0. The number of nitrogens with zero attached hydrogens (tertiary/aromatic N) is 1. The highest BCUT2D eigenvalue weighted by atomic mass is 19.4. The van der Waals surface area contributed by atoms with Crippen LogP contribution in [0.4, 0.5) is 18.0 Å². The Morgan fingerprint density at radius 2 is 1.74 bits per heavy atom. The lowest BCUT2D eigenvalue weighted by Gasteiger charge is -2.27. The highest BCUT2D eigenvalue weighted by molar-refractivity contribution is 5.69. The third-order valence-corrected chi connectivity index (χ3v) is 1.84. The maximum Gasteiger partial charge on any atom is 0.410 e. The van der Waals surface area contributed by atoms with Crippen molar-refractivity contribution in [2.45, 2.75) is 45.4 Å². The molecule has 0 rings (SSSR count). The van der Waals surface area contributed by atoms with E-state index in [2.05, 4.69) is 0 Å². The van der Waals surface area contributed by atoms with Crippen LogP contribution in [0.15, 0.2) is 0 Å². The first-order chi connectivity index (χ1) is 8.41. The molecule has 0 bridgehead atoms. The maximum absolute atomic E-state index is 12.3. The summed E-state index contributed by atoms with van der Waals surface area (Å²) in [5.41, 5.74) is -0.909. The van der Waals surface area contributed by atoms with Crippen molar-refractivity contribution in [2.24, 2.45) is 0 Å². The van der Waals surface area contributed by atoms with Crippen LogP contribution in [-0.2, 0) is 9.53 Å². The molecule has 0 aliphatic carbocycles. The lowest BCUT2D eigenvalue weighted by Crippen LogP contribution is -2.42. The zero-order valence-corrected chi connectivity index (χ0v) is 11.1. The van der Waals surface area contributed by atoms with Crippen molar-refractivity contribution in [3.8, 4) is 0 Å². The van der Waals surface area contributed by atoms with Gasteiger partial charge in [-0.25, -0.2) is 4.79 Å². The van der Waals surface area contributed by atoms with E-state index in [1.165, 1.54) is 20.8 Å². The van der Waals surface area contributed by atoms with Gasteiger partial charge >= 0.3 is 18.2 Å². The normalized spacial score (nSPS) is 12.1. The van der Waals surface area contributed by atoms with E-state index in [-0.39, 0.29) is 19.4 Å². The van der Waals surface area contributed by atoms with E-state index in [4.69, 9.17) is 9.84 Å². The predicted molar refractivity (Wildman–Crippen MR) is 60.7 cm³/mol. The molecule has 0 fully saturated rings. The molecule has 1 N–H and O–H groups in total. The van der Waals surface area contributed by atoms with Crippen molar-refractivity contribution >= 4 is 12.1 Å². The van der Waals surface area contributed by atoms with Crippen LogP contribution in [0, 0.1) is 0 Å². The summed E-state index contributed by atoms with van der Waals surface area (Å²) in [7, 11) is 0. The minimum atomic E-state index is -4.56. The molecule has 0 atom stereocenters. The molecule has 0 heterocycles. The zero-order chi connectivity index (χ0) is 15.3. The smallest absolute Gasteiger partial charge is 0.410 e. The molecule has 0 aliphatic heterocycles. The topological polar surface area (TPSA) is 66.8 Å². The quantitative estimate of drug-likeness (QED) is 0.843. The van der Waals surface area contributed by atoms with Gasteiger partial charge in [-0.05, 0) is 27.2 Å². The molecule has 112 valence electrons. The monoisotopic (exact) mass is 285 g/mol. The Kier molecular flexibility index (Phi) is 6.11. The molecule has 5 nitrogen and oxygen atoms in total. The van der Waals surface area contributed by atoms with Gasteiger partial charge in [0.1, 0.15) is 12.1 Å². The number of carboxylic acids is 1. The molecule has 0 aliphatic rings. The van der Waals surface area contributed by atoms with E-state index < -0.39 is 30.4 Å². The van der Waals surface area contributed by atoms with Crippen LogP contribution in [0.3, 0.4) is 0 Å². The van der Waals surface area contributed by atoms with Gasteiger partial charge in [0.05, 0.1) is 0 Å². The number of hydrogen-bond donors (Lipinski definition) is 1. The summed E-state index contributed by atoms with van der Waals surface area (Å²) in [5, 5.41) is 8.43. The minimum Gasteiger partial charge on any atom is -0.481 e. The van der Waals surface area contributed by atoms with Gasteiger partial charge in [0.15, 0.2) is 0 Å². The van der Waals surface area contributed by atoms with Crippen LogP contribution in [0.1, 0.15) is 33.6 Å². The van der Waals surface area contributed by atoms with Crippen molar-refractivity contribution < 1.29 is 32.6 Å². The fourth-order valence-corrected chi connectivity index (χ4v) is 1.20. The number of hydrogen-bond acceptors (Lipinski definition) is 3. The number of rotatable bonds is 5. The van der Waals surface area contributed by atoms with Gasteiger partial charge in [0.2, 0.25) is 0 Å². The van der Waals surface area contributed by atoms with Gasteiger partial charge in [-0.3, -0.25) is 9.69 Å². The lowest BCUT2D eigenvalue weighted by atomic mass is 10.2. The van der Waals surface area contributed by atoms with Gasteiger partial charge in [-0.15, -0.1) is 0 Å². The van der Waals surface area contributed by atoms with Crippen LogP contribution < -0.4 is 0 Å². The number of carbonyl (C=O) groups excluding carboxylic acids is 1. The Bertz CT molecular complexity index is 323. The Hall–Kier alpha value is -1.47. The molecule has 0 spiro atoms. The standard InChI is InChI=1S/C11H18F3NO4/c1-10(2,3)19-9(18)15(7-11(12,13)14)6-4-5-8(16)17/h4-7H2,1-3H3,(H,16,17). The van der Waals surface area contributed by atoms with Crippen molar-refractivity contribution in [2.75, 3.05) is 13.1 Å². The second-order valence-electron chi connectivity index (χ2n) is 5.01. The molecule has 0 saturated carbocycles. The van der Waals surface area contributed by atoms with E-state index >= 15 is 0 Å². The first-order valence-electron chi connectivity index (χ1n) is 5.67. The number of aliphatic carboxylic acids is 1. The highest BCUT2D eigenvalue weighted by Gasteiger charge is 2.34. The predicted octanol–water partition coefficient (Wildman–Crippen LogP) is 2.65. The van der Waals surface area contributed by atoms with E-state index in [9.17, 15) is 22.8 Å². The van der Waals surface area contributed by atoms with Crippen molar-refractivity contribution in [3.63, 3.8) is 0 Å².